The number of nitrogens with one attached hydrogen (secondary N) is 3. The van der Waals surface area contributed by atoms with Crippen LogP contribution in [0.1, 0.15) is 71.3 Å². The first-order valence-electron chi connectivity index (χ1n) is 12.8. The first kappa shape index (κ1) is 26.6. The molecule has 1 saturated heterocycles. The second-order valence-corrected chi connectivity index (χ2v) is 11.0. The van der Waals surface area contributed by atoms with Crippen LogP contribution in [0.4, 0.5) is 29.3 Å². The van der Waals surface area contributed by atoms with Gasteiger partial charge in [0.05, 0.1) is 23.5 Å². The molecular formula is C26H36F3N3O4. The minimum absolute atomic E-state index is 0.00904. The Morgan fingerprint density at radius 3 is 2.56 bits per heavy atom. The fourth-order valence-electron chi connectivity index (χ4n) is 5.20. The van der Waals surface area contributed by atoms with Crippen molar-refractivity contribution in [2.24, 2.45) is 11.3 Å². The van der Waals surface area contributed by atoms with Gasteiger partial charge >= 0.3 is 12.3 Å². The predicted octanol–water partition coefficient (Wildman–Crippen LogP) is 5.71. The average Bonchev–Trinajstić information content (AvgIpc) is 3.71. The summed E-state index contributed by atoms with van der Waals surface area (Å²) in [6.45, 7) is 6.81. The zero-order chi connectivity index (χ0) is 26.2. The minimum atomic E-state index is -4.56. The molecule has 2 amide bonds. The van der Waals surface area contributed by atoms with Gasteiger partial charge < -0.3 is 25.4 Å². The van der Waals surface area contributed by atoms with Crippen LogP contribution in [0, 0.1) is 11.3 Å². The molecule has 1 aliphatic heterocycles. The number of alkyl halides is 3. The largest absolute Gasteiger partial charge is 0.444 e. The van der Waals surface area contributed by atoms with Gasteiger partial charge in [-0.1, -0.05) is 12.8 Å². The molecule has 1 aromatic rings. The van der Waals surface area contributed by atoms with E-state index in [1.165, 1.54) is 18.9 Å². The molecule has 10 heteroatoms. The summed E-state index contributed by atoms with van der Waals surface area (Å²) in [4.78, 5) is 26.7. The molecule has 1 unspecified atom stereocenters. The summed E-state index contributed by atoms with van der Waals surface area (Å²) in [7, 11) is 0. The lowest BCUT2D eigenvalue weighted by Crippen LogP contribution is -2.53. The van der Waals surface area contributed by atoms with Gasteiger partial charge in [-0.15, -0.1) is 0 Å². The summed E-state index contributed by atoms with van der Waals surface area (Å²) in [5.74, 6) is 0.122. The van der Waals surface area contributed by atoms with E-state index in [0.29, 0.717) is 37.6 Å². The van der Waals surface area contributed by atoms with Crippen LogP contribution in [-0.4, -0.2) is 42.9 Å². The summed E-state index contributed by atoms with van der Waals surface area (Å²) in [5, 5.41) is 8.46. The highest BCUT2D eigenvalue weighted by Crippen LogP contribution is 2.61. The Bertz CT molecular complexity index is 987. The summed E-state index contributed by atoms with van der Waals surface area (Å²) < 4.78 is 51.5. The van der Waals surface area contributed by atoms with Gasteiger partial charge in [0.1, 0.15) is 11.1 Å². The zero-order valence-electron chi connectivity index (χ0n) is 21.1. The molecule has 2 atom stereocenters. The number of anilines is 2. The number of rotatable bonds is 9. The van der Waals surface area contributed by atoms with E-state index < -0.39 is 40.3 Å². The van der Waals surface area contributed by atoms with Gasteiger partial charge in [-0.05, 0) is 77.0 Å². The Balaban J connectivity index is 1.54. The van der Waals surface area contributed by atoms with Gasteiger partial charge in [0.15, 0.2) is 0 Å². The van der Waals surface area contributed by atoms with Gasteiger partial charge in [-0.25, -0.2) is 4.79 Å². The van der Waals surface area contributed by atoms with Crippen molar-refractivity contribution in [3.05, 3.63) is 23.8 Å². The molecule has 0 aromatic heterocycles. The molecule has 3 aliphatic rings. The lowest BCUT2D eigenvalue weighted by molar-refractivity contribution is -0.137. The number of hydrogen-bond acceptors (Lipinski definition) is 5. The SMILES string of the molecule is CCNc1ccc(C(F)(F)F)cc1NC(=O)C1(NC(=O)OC(C)(C)CCC2CC2)C[C@]12CCCOC2. The van der Waals surface area contributed by atoms with Crippen LogP contribution in [0.5, 0.6) is 0 Å². The molecule has 0 radical (unpaired) electrons. The van der Waals surface area contributed by atoms with Crippen molar-refractivity contribution in [2.45, 2.75) is 83.0 Å². The standard InChI is InChI=1S/C26H36F3N3O4/c1-4-30-19-9-8-18(26(27,28)29)14-20(19)31-21(33)25(15-24(25)11-5-13-35-16-24)32-22(34)36-23(2,3)12-10-17-6-7-17/h8-9,14,17,30H,4-7,10-13,15-16H2,1-3H3,(H,31,33)(H,32,34)/t24-,25?/m0/s1. The number of carbonyl (C=O) groups is 2. The summed E-state index contributed by atoms with van der Waals surface area (Å²) in [6, 6.07) is 3.18. The Morgan fingerprint density at radius 1 is 1.19 bits per heavy atom. The van der Waals surface area contributed by atoms with Crippen molar-refractivity contribution < 1.29 is 32.2 Å². The Hall–Kier alpha value is -2.49. The second-order valence-electron chi connectivity index (χ2n) is 11.0. The fourth-order valence-corrected chi connectivity index (χ4v) is 5.20. The molecule has 2 saturated carbocycles. The van der Waals surface area contributed by atoms with Crippen molar-refractivity contribution >= 4 is 23.4 Å². The van der Waals surface area contributed by atoms with E-state index in [1.54, 1.807) is 0 Å². The molecule has 7 nitrogen and oxygen atoms in total. The average molecular weight is 512 g/mol. The number of hydrogen-bond donors (Lipinski definition) is 3. The molecule has 0 bridgehead atoms. The Morgan fingerprint density at radius 2 is 1.94 bits per heavy atom. The van der Waals surface area contributed by atoms with Crippen LogP contribution in [0.2, 0.25) is 0 Å². The maximum absolute atomic E-state index is 13.7. The molecule has 1 aromatic carbocycles. The summed E-state index contributed by atoms with van der Waals surface area (Å²) in [5.41, 5.74) is -3.14. The van der Waals surface area contributed by atoms with Gasteiger partial charge in [-0.3, -0.25) is 4.79 Å². The van der Waals surface area contributed by atoms with Crippen LogP contribution in [0.3, 0.4) is 0 Å². The van der Waals surface area contributed by atoms with Gasteiger partial charge in [0.25, 0.3) is 5.91 Å². The number of halogens is 3. The quantitative estimate of drug-likeness (QED) is 0.395. The summed E-state index contributed by atoms with van der Waals surface area (Å²) in [6.07, 6.45) is 0.564. The van der Waals surface area contributed by atoms with E-state index in [4.69, 9.17) is 9.47 Å². The van der Waals surface area contributed by atoms with Gasteiger partial charge in [-0.2, -0.15) is 13.2 Å². The number of alkyl carbamates (subject to hydrolysis) is 1. The van der Waals surface area contributed by atoms with E-state index in [9.17, 15) is 22.8 Å². The second kappa shape index (κ2) is 9.76. The molecule has 3 fully saturated rings. The minimum Gasteiger partial charge on any atom is -0.444 e. The van der Waals surface area contributed by atoms with Crippen LogP contribution < -0.4 is 16.0 Å². The topological polar surface area (TPSA) is 88.7 Å². The van der Waals surface area contributed by atoms with E-state index in [1.807, 2.05) is 20.8 Å². The lowest BCUT2D eigenvalue weighted by atomic mass is 9.92. The maximum atomic E-state index is 13.7. The van der Waals surface area contributed by atoms with Crippen molar-refractivity contribution in [1.29, 1.82) is 0 Å². The summed E-state index contributed by atoms with van der Waals surface area (Å²) >= 11 is 0. The third kappa shape index (κ3) is 5.74. The van der Waals surface area contributed by atoms with E-state index in [2.05, 4.69) is 16.0 Å². The first-order valence-corrected chi connectivity index (χ1v) is 12.8. The van der Waals surface area contributed by atoms with Gasteiger partial charge in [0, 0.05) is 18.6 Å². The van der Waals surface area contributed by atoms with Crippen molar-refractivity contribution in [3.8, 4) is 0 Å². The maximum Gasteiger partial charge on any atom is 0.416 e. The van der Waals surface area contributed by atoms with Crippen LogP contribution in [0.25, 0.3) is 0 Å². The van der Waals surface area contributed by atoms with Crippen LogP contribution in [-0.2, 0) is 20.4 Å². The highest BCUT2D eigenvalue weighted by atomic mass is 19.4. The van der Waals surface area contributed by atoms with Gasteiger partial charge in [0.2, 0.25) is 0 Å². The van der Waals surface area contributed by atoms with Crippen molar-refractivity contribution in [1.82, 2.24) is 5.32 Å². The smallest absolute Gasteiger partial charge is 0.416 e. The fraction of sp³-hybridized carbons (Fsp3) is 0.692. The molecule has 36 heavy (non-hydrogen) atoms. The normalized spacial score (nSPS) is 25.8. The third-order valence-electron chi connectivity index (χ3n) is 7.59. The Labute approximate surface area is 209 Å². The number of ether oxygens (including phenoxy) is 2. The van der Waals surface area contributed by atoms with E-state index >= 15 is 0 Å². The van der Waals surface area contributed by atoms with Crippen LogP contribution in [0.15, 0.2) is 18.2 Å². The van der Waals surface area contributed by atoms with E-state index in [-0.39, 0.29) is 12.3 Å². The molecule has 3 N–H and O–H groups in total. The molecule has 200 valence electrons. The molecule has 2 aliphatic carbocycles. The third-order valence-corrected chi connectivity index (χ3v) is 7.59. The van der Waals surface area contributed by atoms with Crippen molar-refractivity contribution in [3.63, 3.8) is 0 Å². The number of carbonyl (C=O) groups excluding carboxylic acids is 2. The van der Waals surface area contributed by atoms with Crippen LogP contribution >= 0.6 is 0 Å². The molecule has 1 spiro atoms. The number of amides is 2. The highest BCUT2D eigenvalue weighted by molar-refractivity contribution is 6.05. The molecule has 4 rings (SSSR count). The van der Waals surface area contributed by atoms with E-state index in [0.717, 1.165) is 31.4 Å². The molecular weight excluding hydrogens is 475 g/mol. The monoisotopic (exact) mass is 511 g/mol. The highest BCUT2D eigenvalue weighted by Gasteiger charge is 2.73. The first-order chi connectivity index (χ1) is 16.9. The lowest BCUT2D eigenvalue weighted by Gasteiger charge is -2.31. The predicted molar refractivity (Wildman–Crippen MR) is 130 cm³/mol. The Kier molecular flexibility index (Phi) is 7.20. The van der Waals surface area contributed by atoms with Crippen molar-refractivity contribution in [2.75, 3.05) is 30.4 Å². The zero-order valence-corrected chi connectivity index (χ0v) is 21.1. The number of benzene rings is 1. The molecule has 1 heterocycles.